The highest BCUT2D eigenvalue weighted by atomic mass is 16.6. The van der Waals surface area contributed by atoms with Gasteiger partial charge in [0.2, 0.25) is 0 Å². The second-order valence-electron chi connectivity index (χ2n) is 7.76. The monoisotopic (exact) mass is 463 g/mol. The number of carbonyl (C=O) groups is 1. The molecule has 4 rings (SSSR count). The van der Waals surface area contributed by atoms with E-state index in [2.05, 4.69) is 15.8 Å². The normalized spacial score (nSPS) is 13.9. The number of rotatable bonds is 7. The van der Waals surface area contributed by atoms with Crippen molar-refractivity contribution in [2.24, 2.45) is 5.10 Å². The zero-order chi connectivity index (χ0) is 24.2. The number of hydrogen-bond donors (Lipinski definition) is 2. The highest BCUT2D eigenvalue weighted by molar-refractivity contribution is 6.06. The highest BCUT2D eigenvalue weighted by Crippen LogP contribution is 2.32. The number of hydrogen-bond acceptors (Lipinski definition) is 8. The maximum atomic E-state index is 12.8. The van der Waals surface area contributed by atoms with Crippen molar-refractivity contribution >= 4 is 28.7 Å². The molecule has 11 nitrogen and oxygen atoms in total. The van der Waals surface area contributed by atoms with Crippen LogP contribution in [-0.4, -0.2) is 21.5 Å². The second-order valence-corrected chi connectivity index (χ2v) is 7.76. The van der Waals surface area contributed by atoms with Gasteiger partial charge in [0.25, 0.3) is 11.6 Å². The van der Waals surface area contributed by atoms with Gasteiger partial charge in [0.05, 0.1) is 21.6 Å². The molecule has 3 aromatic rings. The number of anilines is 1. The molecule has 0 atom stereocenters. The molecular formula is C23H21N5O6. The molecule has 0 radical (unpaired) electrons. The molecule has 1 amide bonds. The third-order valence-electron chi connectivity index (χ3n) is 5.53. The molecule has 0 saturated heterocycles. The summed E-state index contributed by atoms with van der Waals surface area (Å²) in [4.78, 5) is 33.7. The fourth-order valence-electron chi connectivity index (χ4n) is 3.86. The van der Waals surface area contributed by atoms with Crippen molar-refractivity contribution in [1.29, 1.82) is 0 Å². The number of nitrogens with one attached hydrogen (secondary N) is 2. The topological polar surface area (TPSA) is 153 Å². The van der Waals surface area contributed by atoms with Crippen LogP contribution < -0.4 is 10.7 Å². The van der Waals surface area contributed by atoms with Crippen molar-refractivity contribution in [1.82, 2.24) is 5.32 Å². The number of fused-ring (bicyclic) bond motifs is 1. The van der Waals surface area contributed by atoms with E-state index in [9.17, 15) is 25.0 Å². The Labute approximate surface area is 193 Å². The SMILES string of the molecule is Cc1c(C(=O)NCc2ccccc2)oc2c1/C(=N/Nc1ccc([N+](=O)[O-])cc1[N+](=O)[O-])CCC2. The van der Waals surface area contributed by atoms with Crippen LogP contribution in [-0.2, 0) is 13.0 Å². The minimum Gasteiger partial charge on any atom is -0.455 e. The minimum absolute atomic E-state index is 0.0252. The lowest BCUT2D eigenvalue weighted by atomic mass is 9.93. The van der Waals surface area contributed by atoms with Gasteiger partial charge in [0.15, 0.2) is 5.76 Å². The van der Waals surface area contributed by atoms with Crippen molar-refractivity contribution in [2.45, 2.75) is 32.7 Å². The Balaban J connectivity index is 1.58. The number of aryl methyl sites for hydroxylation is 1. The Hall–Kier alpha value is -4.54. The second kappa shape index (κ2) is 9.53. The maximum absolute atomic E-state index is 12.8. The lowest BCUT2D eigenvalue weighted by molar-refractivity contribution is -0.393. The summed E-state index contributed by atoms with van der Waals surface area (Å²) in [6, 6.07) is 12.8. The Morgan fingerprint density at radius 3 is 2.56 bits per heavy atom. The fraction of sp³-hybridized carbons (Fsp3) is 0.217. The van der Waals surface area contributed by atoms with Crippen LogP contribution in [0.5, 0.6) is 0 Å². The summed E-state index contributed by atoms with van der Waals surface area (Å²) in [5, 5.41) is 29.5. The lowest BCUT2D eigenvalue weighted by Gasteiger charge is -2.13. The van der Waals surface area contributed by atoms with Crippen molar-refractivity contribution in [3.8, 4) is 0 Å². The summed E-state index contributed by atoms with van der Waals surface area (Å²) in [5.41, 5.74) is 4.74. The van der Waals surface area contributed by atoms with Gasteiger partial charge in [-0.2, -0.15) is 5.10 Å². The van der Waals surface area contributed by atoms with Gasteiger partial charge < -0.3 is 9.73 Å². The van der Waals surface area contributed by atoms with Gasteiger partial charge in [-0.25, -0.2) is 0 Å². The number of nitro groups is 2. The summed E-state index contributed by atoms with van der Waals surface area (Å²) in [7, 11) is 0. The van der Waals surface area contributed by atoms with Crippen LogP contribution in [0.2, 0.25) is 0 Å². The van der Waals surface area contributed by atoms with E-state index in [1.54, 1.807) is 6.92 Å². The van der Waals surface area contributed by atoms with Crippen LogP contribution in [0.25, 0.3) is 0 Å². The molecule has 2 aromatic carbocycles. The van der Waals surface area contributed by atoms with Crippen molar-refractivity contribution in [3.05, 3.63) is 97.0 Å². The average Bonchev–Trinajstić information content (AvgIpc) is 3.18. The summed E-state index contributed by atoms with van der Waals surface area (Å²) in [5.74, 6) is 0.498. The lowest BCUT2D eigenvalue weighted by Crippen LogP contribution is -2.23. The van der Waals surface area contributed by atoms with E-state index in [1.165, 1.54) is 12.1 Å². The Morgan fingerprint density at radius 2 is 1.85 bits per heavy atom. The molecule has 0 unspecified atom stereocenters. The number of hydrazone groups is 1. The Morgan fingerprint density at radius 1 is 1.09 bits per heavy atom. The van der Waals surface area contributed by atoms with Crippen LogP contribution in [0.4, 0.5) is 17.1 Å². The Bertz CT molecular complexity index is 1300. The maximum Gasteiger partial charge on any atom is 0.301 e. The van der Waals surface area contributed by atoms with Gasteiger partial charge in [-0.15, -0.1) is 0 Å². The molecule has 1 aromatic heterocycles. The third kappa shape index (κ3) is 4.63. The number of nitrogens with zero attached hydrogens (tertiary/aromatic N) is 3. The summed E-state index contributed by atoms with van der Waals surface area (Å²) < 4.78 is 5.87. The quantitative estimate of drug-likeness (QED) is 0.387. The molecule has 174 valence electrons. The standard InChI is InChI=1S/C23H21N5O6/c1-14-21-18(26-25-17-11-10-16(27(30)31)12-19(17)28(32)33)8-5-9-20(21)34-22(14)23(29)24-13-15-6-3-2-4-7-15/h2-4,6-7,10-12,25H,5,8-9,13H2,1H3,(H,24,29)/b26-18+. The number of carbonyl (C=O) groups excluding carboxylic acids is 1. The van der Waals surface area contributed by atoms with Gasteiger partial charge >= 0.3 is 5.69 Å². The fourth-order valence-corrected chi connectivity index (χ4v) is 3.86. The van der Waals surface area contributed by atoms with E-state index in [-0.39, 0.29) is 23.0 Å². The highest BCUT2D eigenvalue weighted by Gasteiger charge is 2.28. The molecule has 0 saturated carbocycles. The molecule has 11 heteroatoms. The third-order valence-corrected chi connectivity index (χ3v) is 5.53. The number of furan rings is 1. The van der Waals surface area contributed by atoms with Gasteiger partial charge in [-0.05, 0) is 31.4 Å². The van der Waals surface area contributed by atoms with E-state index >= 15 is 0 Å². The molecule has 1 heterocycles. The van der Waals surface area contributed by atoms with E-state index < -0.39 is 15.5 Å². The van der Waals surface area contributed by atoms with Crippen LogP contribution >= 0.6 is 0 Å². The first-order valence-corrected chi connectivity index (χ1v) is 10.6. The zero-order valence-corrected chi connectivity index (χ0v) is 18.2. The first kappa shape index (κ1) is 22.6. The van der Waals surface area contributed by atoms with Crippen molar-refractivity contribution in [3.63, 3.8) is 0 Å². The van der Waals surface area contributed by atoms with E-state index in [0.717, 1.165) is 18.1 Å². The summed E-state index contributed by atoms with van der Waals surface area (Å²) in [6.07, 6.45) is 1.94. The number of non-ortho nitro benzene ring substituents is 1. The number of amides is 1. The Kier molecular flexibility index (Phi) is 6.35. The smallest absolute Gasteiger partial charge is 0.301 e. The minimum atomic E-state index is -0.708. The van der Waals surface area contributed by atoms with Crippen LogP contribution in [0.1, 0.15) is 45.8 Å². The van der Waals surface area contributed by atoms with Gasteiger partial charge in [-0.1, -0.05) is 30.3 Å². The first-order chi connectivity index (χ1) is 16.3. The molecular weight excluding hydrogens is 442 g/mol. The van der Waals surface area contributed by atoms with Crippen molar-refractivity contribution in [2.75, 3.05) is 5.43 Å². The molecule has 1 aliphatic rings. The molecule has 0 fully saturated rings. The van der Waals surface area contributed by atoms with Gasteiger partial charge in [-0.3, -0.25) is 30.4 Å². The molecule has 0 bridgehead atoms. The summed E-state index contributed by atoms with van der Waals surface area (Å²) in [6.45, 7) is 2.13. The molecule has 34 heavy (non-hydrogen) atoms. The predicted molar refractivity (Wildman–Crippen MR) is 124 cm³/mol. The van der Waals surface area contributed by atoms with E-state index in [1.807, 2.05) is 30.3 Å². The molecule has 2 N–H and O–H groups in total. The molecule has 0 aliphatic heterocycles. The number of nitro benzene ring substituents is 2. The predicted octanol–water partition coefficient (Wildman–Crippen LogP) is 4.49. The average molecular weight is 463 g/mol. The largest absolute Gasteiger partial charge is 0.455 e. The molecule has 1 aliphatic carbocycles. The first-order valence-electron chi connectivity index (χ1n) is 10.6. The van der Waals surface area contributed by atoms with E-state index in [0.29, 0.717) is 42.0 Å². The van der Waals surface area contributed by atoms with Crippen LogP contribution in [0.3, 0.4) is 0 Å². The van der Waals surface area contributed by atoms with Crippen molar-refractivity contribution < 1.29 is 19.1 Å². The van der Waals surface area contributed by atoms with Gasteiger partial charge in [0.1, 0.15) is 11.4 Å². The van der Waals surface area contributed by atoms with Crippen LogP contribution in [0, 0.1) is 27.2 Å². The number of benzene rings is 2. The molecule has 0 spiro atoms. The van der Waals surface area contributed by atoms with E-state index in [4.69, 9.17) is 4.42 Å². The van der Waals surface area contributed by atoms with Gasteiger partial charge in [0, 0.05) is 30.2 Å². The zero-order valence-electron chi connectivity index (χ0n) is 18.2. The summed E-state index contributed by atoms with van der Waals surface area (Å²) >= 11 is 0. The van der Waals surface area contributed by atoms with Crippen LogP contribution in [0.15, 0.2) is 58.0 Å².